The van der Waals surface area contributed by atoms with Crippen molar-refractivity contribution in [3.8, 4) is 17.1 Å². The number of thiophene rings is 1. The molecule has 0 atom stereocenters. The zero-order chi connectivity index (χ0) is 18.1. The highest BCUT2D eigenvalue weighted by Crippen LogP contribution is 2.31. The van der Waals surface area contributed by atoms with Crippen molar-refractivity contribution >= 4 is 33.3 Å². The van der Waals surface area contributed by atoms with Crippen LogP contribution in [0.25, 0.3) is 21.5 Å². The number of aromatic nitrogens is 3. The van der Waals surface area contributed by atoms with Crippen molar-refractivity contribution in [3.63, 3.8) is 0 Å². The zero-order valence-corrected chi connectivity index (χ0v) is 15.1. The summed E-state index contributed by atoms with van der Waals surface area (Å²) in [6.07, 6.45) is 0. The first-order chi connectivity index (χ1) is 12.7. The van der Waals surface area contributed by atoms with Crippen LogP contribution in [-0.2, 0) is 0 Å². The largest absolute Gasteiger partial charge is 0.496 e. The molecule has 4 aromatic rings. The minimum Gasteiger partial charge on any atom is -0.496 e. The van der Waals surface area contributed by atoms with E-state index in [1.165, 1.54) is 11.3 Å². The van der Waals surface area contributed by atoms with E-state index in [1.54, 1.807) is 7.11 Å². The Bertz CT molecular complexity index is 1100. The van der Waals surface area contributed by atoms with Crippen LogP contribution < -0.4 is 10.1 Å². The van der Waals surface area contributed by atoms with Crippen molar-refractivity contribution < 1.29 is 9.53 Å². The summed E-state index contributed by atoms with van der Waals surface area (Å²) in [4.78, 5) is 17.7. The summed E-state index contributed by atoms with van der Waals surface area (Å²) in [5, 5.41) is 10.8. The number of hydrogen-bond donors (Lipinski definition) is 2. The number of benzene rings is 2. The van der Waals surface area contributed by atoms with Gasteiger partial charge in [-0.05, 0) is 36.1 Å². The lowest BCUT2D eigenvalue weighted by molar-refractivity contribution is 0.102. The molecule has 0 aliphatic rings. The number of methoxy groups -OCH3 is 1. The standard InChI is InChI=1S/C19H16N4O2S/c1-11-12-7-4-6-10-15(12)26-16(11)18(24)21-19-20-17(22-23-19)13-8-3-5-9-14(13)25-2/h3-10H,1-2H3,(H2,20,21,22,23,24). The molecule has 0 spiro atoms. The van der Waals surface area contributed by atoms with E-state index in [0.717, 1.165) is 21.2 Å². The first-order valence-corrected chi connectivity index (χ1v) is 8.84. The van der Waals surface area contributed by atoms with E-state index in [-0.39, 0.29) is 11.9 Å². The Morgan fingerprint density at radius 1 is 1.15 bits per heavy atom. The van der Waals surface area contributed by atoms with Crippen LogP contribution in [0.1, 0.15) is 15.2 Å². The Balaban J connectivity index is 1.61. The van der Waals surface area contributed by atoms with Crippen LogP contribution in [0.3, 0.4) is 0 Å². The maximum Gasteiger partial charge on any atom is 0.268 e. The molecule has 6 nitrogen and oxygen atoms in total. The molecule has 2 aromatic heterocycles. The van der Waals surface area contributed by atoms with Gasteiger partial charge in [0, 0.05) is 4.70 Å². The Morgan fingerprint density at radius 2 is 1.92 bits per heavy atom. The molecular weight excluding hydrogens is 348 g/mol. The average molecular weight is 364 g/mol. The molecule has 0 aliphatic heterocycles. The Morgan fingerprint density at radius 3 is 2.73 bits per heavy atom. The lowest BCUT2D eigenvalue weighted by Gasteiger charge is -2.04. The van der Waals surface area contributed by atoms with Crippen LogP contribution in [0.15, 0.2) is 48.5 Å². The third-order valence-electron chi connectivity index (χ3n) is 4.12. The monoisotopic (exact) mass is 364 g/mol. The Labute approximate surface area is 153 Å². The number of H-pyrrole nitrogens is 1. The first kappa shape index (κ1) is 16.3. The van der Waals surface area contributed by atoms with Crippen LogP contribution in [-0.4, -0.2) is 28.2 Å². The number of rotatable bonds is 4. The summed E-state index contributed by atoms with van der Waals surface area (Å²) in [5.41, 5.74) is 1.74. The van der Waals surface area contributed by atoms with Crippen molar-refractivity contribution in [1.82, 2.24) is 15.2 Å². The fourth-order valence-corrected chi connectivity index (χ4v) is 3.93. The predicted molar refractivity (Wildman–Crippen MR) is 103 cm³/mol. The van der Waals surface area contributed by atoms with Crippen LogP contribution in [0.2, 0.25) is 0 Å². The van der Waals surface area contributed by atoms with Gasteiger partial charge in [0.05, 0.1) is 17.6 Å². The van der Waals surface area contributed by atoms with Crippen LogP contribution in [0.4, 0.5) is 5.95 Å². The normalized spacial score (nSPS) is 10.8. The second-order valence-electron chi connectivity index (χ2n) is 5.71. The number of nitrogens with zero attached hydrogens (tertiary/aromatic N) is 2. The molecule has 7 heteroatoms. The molecule has 0 radical (unpaired) electrons. The number of aryl methyl sites for hydroxylation is 1. The van der Waals surface area contributed by atoms with Crippen LogP contribution >= 0.6 is 11.3 Å². The smallest absolute Gasteiger partial charge is 0.268 e. The van der Waals surface area contributed by atoms with Gasteiger partial charge in [0.25, 0.3) is 5.91 Å². The summed E-state index contributed by atoms with van der Waals surface area (Å²) in [6.45, 7) is 1.95. The number of carbonyl (C=O) groups excluding carboxylic acids is 1. The van der Waals surface area contributed by atoms with Gasteiger partial charge < -0.3 is 4.74 Å². The quantitative estimate of drug-likeness (QED) is 0.567. The summed E-state index contributed by atoms with van der Waals surface area (Å²) in [5.74, 6) is 1.23. The van der Waals surface area contributed by atoms with Gasteiger partial charge in [-0.25, -0.2) is 0 Å². The predicted octanol–water partition coefficient (Wildman–Crippen LogP) is 4.26. The van der Waals surface area contributed by atoms with Gasteiger partial charge in [-0.2, -0.15) is 4.98 Å². The van der Waals surface area contributed by atoms with Crippen molar-refractivity contribution in [2.45, 2.75) is 6.92 Å². The number of para-hydroxylation sites is 1. The number of amides is 1. The van der Waals surface area contributed by atoms with E-state index >= 15 is 0 Å². The summed E-state index contributed by atoms with van der Waals surface area (Å²) >= 11 is 1.46. The molecule has 0 fully saturated rings. The van der Waals surface area contributed by atoms with Crippen LogP contribution in [0, 0.1) is 6.92 Å². The van der Waals surface area contributed by atoms with E-state index < -0.39 is 0 Å². The van der Waals surface area contributed by atoms with Gasteiger partial charge in [0.15, 0.2) is 5.82 Å². The van der Waals surface area contributed by atoms with Crippen molar-refractivity contribution in [3.05, 3.63) is 59.0 Å². The number of carbonyl (C=O) groups is 1. The minimum absolute atomic E-state index is 0.214. The fourth-order valence-electron chi connectivity index (χ4n) is 2.83. The third-order valence-corrected chi connectivity index (χ3v) is 5.39. The summed E-state index contributed by atoms with van der Waals surface area (Å²) < 4.78 is 6.42. The molecule has 2 N–H and O–H groups in total. The highest BCUT2D eigenvalue weighted by atomic mass is 32.1. The molecule has 4 rings (SSSR count). The highest BCUT2D eigenvalue weighted by molar-refractivity contribution is 7.21. The van der Waals surface area contributed by atoms with Gasteiger partial charge >= 0.3 is 0 Å². The lowest BCUT2D eigenvalue weighted by Crippen LogP contribution is -2.12. The SMILES string of the molecule is COc1ccccc1-c1nc(NC(=O)c2sc3ccccc3c2C)n[nH]1. The maximum absolute atomic E-state index is 12.7. The number of fused-ring (bicyclic) bond motifs is 1. The topological polar surface area (TPSA) is 79.9 Å². The molecule has 2 heterocycles. The second-order valence-corrected chi connectivity index (χ2v) is 6.77. The summed E-state index contributed by atoms with van der Waals surface area (Å²) in [6, 6.07) is 15.5. The van der Waals surface area contributed by atoms with Crippen molar-refractivity contribution in [2.75, 3.05) is 12.4 Å². The number of anilines is 1. The van der Waals surface area contributed by atoms with Gasteiger partial charge in [0.2, 0.25) is 5.95 Å². The molecule has 0 aliphatic carbocycles. The van der Waals surface area contributed by atoms with Crippen molar-refractivity contribution in [1.29, 1.82) is 0 Å². The molecule has 0 saturated carbocycles. The van der Waals surface area contributed by atoms with Crippen LogP contribution in [0.5, 0.6) is 5.75 Å². The van der Waals surface area contributed by atoms with Crippen molar-refractivity contribution in [2.24, 2.45) is 0 Å². The molecule has 1 amide bonds. The van der Waals surface area contributed by atoms with E-state index in [2.05, 4.69) is 20.5 Å². The molecule has 2 aromatic carbocycles. The Hall–Kier alpha value is -3.19. The first-order valence-electron chi connectivity index (χ1n) is 8.02. The number of aromatic amines is 1. The number of nitrogens with one attached hydrogen (secondary N) is 2. The van der Waals surface area contributed by atoms with E-state index in [0.29, 0.717) is 16.5 Å². The fraction of sp³-hybridized carbons (Fsp3) is 0.105. The molecule has 0 unspecified atom stereocenters. The number of hydrogen-bond acceptors (Lipinski definition) is 5. The molecule has 26 heavy (non-hydrogen) atoms. The number of ether oxygens (including phenoxy) is 1. The molecule has 0 bridgehead atoms. The van der Waals surface area contributed by atoms with Gasteiger partial charge in [-0.1, -0.05) is 30.3 Å². The van der Waals surface area contributed by atoms with E-state index in [9.17, 15) is 4.79 Å². The van der Waals surface area contributed by atoms with E-state index in [1.807, 2.05) is 55.5 Å². The Kier molecular flexibility index (Phi) is 4.14. The van der Waals surface area contributed by atoms with Gasteiger partial charge in [0.1, 0.15) is 5.75 Å². The minimum atomic E-state index is -0.214. The molecule has 0 saturated heterocycles. The van der Waals surface area contributed by atoms with Gasteiger partial charge in [-0.3, -0.25) is 15.2 Å². The average Bonchev–Trinajstić information content (AvgIpc) is 3.27. The highest BCUT2D eigenvalue weighted by Gasteiger charge is 2.18. The molecule has 130 valence electrons. The van der Waals surface area contributed by atoms with Gasteiger partial charge in [-0.15, -0.1) is 16.4 Å². The zero-order valence-electron chi connectivity index (χ0n) is 14.2. The maximum atomic E-state index is 12.7. The molecular formula is C19H16N4O2S. The third kappa shape index (κ3) is 2.82. The lowest BCUT2D eigenvalue weighted by atomic mass is 10.1. The second kappa shape index (κ2) is 6.61. The van der Waals surface area contributed by atoms with E-state index in [4.69, 9.17) is 4.74 Å². The summed E-state index contributed by atoms with van der Waals surface area (Å²) in [7, 11) is 1.60.